The first-order valence-corrected chi connectivity index (χ1v) is 22.3. The van der Waals surface area contributed by atoms with E-state index in [1.807, 2.05) is 33.3 Å². The van der Waals surface area contributed by atoms with E-state index in [2.05, 4.69) is 80.7 Å². The lowest BCUT2D eigenvalue weighted by molar-refractivity contribution is -0.870. The topological polar surface area (TPSA) is 108 Å². The van der Waals surface area contributed by atoms with Crippen LogP contribution in [0.25, 0.3) is 0 Å². The van der Waals surface area contributed by atoms with Gasteiger partial charge in [0.1, 0.15) is 13.2 Å². The molecule has 0 aromatic rings. The van der Waals surface area contributed by atoms with Gasteiger partial charge in [-0.2, -0.15) is 0 Å². The quantitative estimate of drug-likeness (QED) is 0.0215. The van der Waals surface area contributed by atoms with E-state index in [0.29, 0.717) is 17.4 Å². The highest BCUT2D eigenvalue weighted by Crippen LogP contribution is 2.12. The van der Waals surface area contributed by atoms with E-state index in [1.165, 1.54) is 51.4 Å². The lowest BCUT2D eigenvalue weighted by Crippen LogP contribution is -2.40. The Kier molecular flexibility index (Phi) is 37.8. The number of carbonyl (C=O) groups is 3. The van der Waals surface area contributed by atoms with Gasteiger partial charge in [0.05, 0.1) is 40.8 Å². The maximum Gasteiger partial charge on any atom is 0.361 e. The second-order valence-corrected chi connectivity index (χ2v) is 15.6. The number of nitrogens with zero attached hydrogens (tertiary/aromatic N) is 1. The van der Waals surface area contributed by atoms with Crippen LogP contribution in [0.2, 0.25) is 0 Å². The van der Waals surface area contributed by atoms with Gasteiger partial charge >= 0.3 is 17.9 Å². The summed E-state index contributed by atoms with van der Waals surface area (Å²) in [5.41, 5.74) is 0. The third kappa shape index (κ3) is 40.7. The van der Waals surface area contributed by atoms with Crippen LogP contribution < -0.4 is 0 Å². The molecule has 0 bridgehead atoms. The number of carboxylic acids is 1. The van der Waals surface area contributed by atoms with Crippen molar-refractivity contribution < 1.29 is 42.9 Å². The minimum Gasteiger partial charge on any atom is -0.477 e. The predicted octanol–water partition coefficient (Wildman–Crippen LogP) is 11.7. The van der Waals surface area contributed by atoms with Crippen molar-refractivity contribution in [2.45, 2.75) is 161 Å². The number of hydrogen-bond acceptors (Lipinski definition) is 7. The lowest BCUT2D eigenvalue weighted by Gasteiger charge is -2.25. The summed E-state index contributed by atoms with van der Waals surface area (Å²) in [6.07, 6.45) is 48.2. The average Bonchev–Trinajstić information content (AvgIpc) is 3.18. The molecule has 0 rings (SSSR count). The van der Waals surface area contributed by atoms with Crippen LogP contribution in [-0.4, -0.2) is 87.4 Å². The molecule has 9 heteroatoms. The van der Waals surface area contributed by atoms with Gasteiger partial charge in [0.2, 0.25) is 0 Å². The molecule has 0 aliphatic rings. The maximum absolute atomic E-state index is 12.7. The molecule has 0 aliphatic heterocycles. The molecule has 330 valence electrons. The van der Waals surface area contributed by atoms with Crippen LogP contribution in [0.3, 0.4) is 0 Å². The van der Waals surface area contributed by atoms with Crippen LogP contribution in [0.1, 0.15) is 149 Å². The highest BCUT2D eigenvalue weighted by Gasteiger charge is 2.24. The summed E-state index contributed by atoms with van der Waals surface area (Å²) >= 11 is 0. The highest BCUT2D eigenvalue weighted by atomic mass is 16.7. The SMILES string of the molecule is CC/C=C\C/C=C\C/C=C\C/C=C\C/C=C\CC(=O)OC(COC(=O)CCCCCCCCC/C=C\C/C=C\CCCCCC)COC(OCC[N+](C)(C)C)C(=O)O. The van der Waals surface area contributed by atoms with Crippen molar-refractivity contribution >= 4 is 17.9 Å². The van der Waals surface area contributed by atoms with E-state index in [4.69, 9.17) is 18.9 Å². The first kappa shape index (κ1) is 54.5. The van der Waals surface area contributed by atoms with Gasteiger partial charge < -0.3 is 28.5 Å². The Balaban J connectivity index is 4.58. The van der Waals surface area contributed by atoms with Crippen LogP contribution in [-0.2, 0) is 33.3 Å². The maximum atomic E-state index is 12.7. The number of rotatable bonds is 39. The van der Waals surface area contributed by atoms with E-state index in [1.54, 1.807) is 6.08 Å². The van der Waals surface area contributed by atoms with Crippen molar-refractivity contribution in [2.75, 3.05) is 47.5 Å². The van der Waals surface area contributed by atoms with E-state index in [0.717, 1.165) is 64.2 Å². The smallest absolute Gasteiger partial charge is 0.361 e. The zero-order valence-electron chi connectivity index (χ0n) is 37.2. The van der Waals surface area contributed by atoms with Gasteiger partial charge in [-0.05, 0) is 70.6 Å². The predicted molar refractivity (Wildman–Crippen MR) is 239 cm³/mol. The zero-order chi connectivity index (χ0) is 42.8. The number of aliphatic carboxylic acids is 1. The molecule has 1 N–H and O–H groups in total. The zero-order valence-corrected chi connectivity index (χ0v) is 37.2. The monoisotopic (exact) mass is 813 g/mol. The van der Waals surface area contributed by atoms with Crippen molar-refractivity contribution in [3.63, 3.8) is 0 Å². The van der Waals surface area contributed by atoms with Crippen molar-refractivity contribution in [1.82, 2.24) is 0 Å². The number of hydrogen-bond donors (Lipinski definition) is 1. The summed E-state index contributed by atoms with van der Waals surface area (Å²) in [6, 6.07) is 0. The average molecular weight is 813 g/mol. The third-order valence-corrected chi connectivity index (χ3v) is 8.92. The Morgan fingerprint density at radius 1 is 0.552 bits per heavy atom. The molecule has 0 aliphatic carbocycles. The van der Waals surface area contributed by atoms with Gasteiger partial charge in [-0.15, -0.1) is 0 Å². The summed E-state index contributed by atoms with van der Waals surface area (Å²) in [4.78, 5) is 37.0. The van der Waals surface area contributed by atoms with E-state index < -0.39 is 24.3 Å². The lowest BCUT2D eigenvalue weighted by atomic mass is 10.1. The fraction of sp³-hybridized carbons (Fsp3) is 0.653. The Morgan fingerprint density at radius 2 is 1.03 bits per heavy atom. The molecular weight excluding hydrogens is 731 g/mol. The van der Waals surface area contributed by atoms with Crippen LogP contribution in [0.4, 0.5) is 0 Å². The molecule has 0 radical (unpaired) electrons. The molecule has 9 nitrogen and oxygen atoms in total. The van der Waals surface area contributed by atoms with Gasteiger partial charge in [-0.3, -0.25) is 9.59 Å². The molecule has 0 saturated heterocycles. The van der Waals surface area contributed by atoms with Gasteiger partial charge in [-0.1, -0.05) is 150 Å². The fourth-order valence-corrected chi connectivity index (χ4v) is 5.47. The van der Waals surface area contributed by atoms with Gasteiger partial charge in [-0.25, -0.2) is 4.79 Å². The van der Waals surface area contributed by atoms with Crippen molar-refractivity contribution in [3.8, 4) is 0 Å². The Bertz CT molecular complexity index is 1220. The number of likely N-dealkylation sites (N-methyl/N-ethyl adjacent to an activating group) is 1. The number of ether oxygens (including phenoxy) is 4. The van der Waals surface area contributed by atoms with Crippen molar-refractivity contribution in [2.24, 2.45) is 0 Å². The summed E-state index contributed by atoms with van der Waals surface area (Å²) in [5, 5.41) is 9.62. The van der Waals surface area contributed by atoms with E-state index in [9.17, 15) is 19.5 Å². The second kappa shape index (κ2) is 40.3. The normalized spacial score (nSPS) is 13.7. The van der Waals surface area contributed by atoms with Crippen LogP contribution in [0.5, 0.6) is 0 Å². The molecule has 2 atom stereocenters. The number of quaternary nitrogens is 1. The van der Waals surface area contributed by atoms with Gasteiger partial charge in [0, 0.05) is 6.42 Å². The summed E-state index contributed by atoms with van der Waals surface area (Å²) in [6.45, 7) is 4.59. The largest absolute Gasteiger partial charge is 0.477 e. The molecular formula is C49H82NO8+. The summed E-state index contributed by atoms with van der Waals surface area (Å²) in [7, 11) is 5.91. The Hall–Kier alpha value is -3.53. The standard InChI is InChI=1S/C49H81NO8/c1-6-8-10-12-14-16-18-20-22-23-24-26-27-29-31-33-35-37-39-46(51)56-43-45(44-57-49(48(53)54)55-42-41-50(3,4)5)58-47(52)40-38-36-34-32-30-28-25-21-19-17-15-13-11-9-7-2/h9,11,15-18,21-23,25,30,32,36,38,45,49H,6-8,10,12-14,19-20,24,26-29,31,33-35,37,39-44H2,1-5H3/p+1/b11-9-,17-15-,18-16-,23-22-,25-21-,32-30-,38-36-. The first-order valence-electron chi connectivity index (χ1n) is 22.3. The second-order valence-electron chi connectivity index (χ2n) is 15.6. The number of allylic oxidation sites excluding steroid dienone is 13. The molecule has 0 aromatic carbocycles. The number of esters is 2. The highest BCUT2D eigenvalue weighted by molar-refractivity contribution is 5.72. The van der Waals surface area contributed by atoms with Gasteiger partial charge in [0.15, 0.2) is 6.10 Å². The molecule has 0 saturated carbocycles. The van der Waals surface area contributed by atoms with Gasteiger partial charge in [0.25, 0.3) is 6.29 Å². The van der Waals surface area contributed by atoms with Crippen LogP contribution in [0, 0.1) is 0 Å². The molecule has 58 heavy (non-hydrogen) atoms. The third-order valence-electron chi connectivity index (χ3n) is 8.92. The number of carbonyl (C=O) groups excluding carboxylic acids is 2. The summed E-state index contributed by atoms with van der Waals surface area (Å²) < 4.78 is 22.6. The molecule has 2 unspecified atom stereocenters. The van der Waals surface area contributed by atoms with Crippen LogP contribution in [0.15, 0.2) is 85.1 Å². The molecule has 0 aromatic heterocycles. The molecule has 0 spiro atoms. The van der Waals surface area contributed by atoms with Crippen LogP contribution >= 0.6 is 0 Å². The first-order chi connectivity index (χ1) is 28.1. The van der Waals surface area contributed by atoms with Crippen molar-refractivity contribution in [1.29, 1.82) is 0 Å². The Morgan fingerprint density at radius 3 is 1.55 bits per heavy atom. The molecule has 0 fully saturated rings. The molecule has 0 amide bonds. The molecule has 0 heterocycles. The minimum absolute atomic E-state index is 0.0218. The minimum atomic E-state index is -1.54. The Labute approximate surface area is 353 Å². The number of unbranched alkanes of at least 4 members (excludes halogenated alkanes) is 11. The summed E-state index contributed by atoms with van der Waals surface area (Å²) in [5.74, 6) is -2.20. The van der Waals surface area contributed by atoms with E-state index in [-0.39, 0.29) is 38.6 Å². The fourth-order valence-electron chi connectivity index (χ4n) is 5.47. The van der Waals surface area contributed by atoms with Crippen molar-refractivity contribution in [3.05, 3.63) is 85.1 Å². The number of carboxylic acid groups (broad SMARTS) is 1. The van der Waals surface area contributed by atoms with E-state index >= 15 is 0 Å².